The van der Waals surface area contributed by atoms with Crippen molar-refractivity contribution in [3.05, 3.63) is 73.5 Å². The second-order valence-corrected chi connectivity index (χ2v) is 8.89. The summed E-state index contributed by atoms with van der Waals surface area (Å²) in [5.41, 5.74) is 4.95. The lowest BCUT2D eigenvalue weighted by molar-refractivity contribution is 0.795. The second-order valence-electron chi connectivity index (χ2n) is 8.45. The van der Waals surface area contributed by atoms with Crippen molar-refractivity contribution in [3.63, 3.8) is 0 Å². The number of fused-ring (bicyclic) bond motifs is 1. The number of aryl methyl sites for hydroxylation is 3. The number of hydrogen-bond acceptors (Lipinski definition) is 4. The van der Waals surface area contributed by atoms with E-state index in [9.17, 15) is 9.59 Å². The average Bonchev–Trinajstić information content (AvgIpc) is 3.48. The minimum absolute atomic E-state index is 0.0793. The molecule has 0 radical (unpaired) electrons. The molecule has 0 spiro atoms. The molecule has 2 aromatic heterocycles. The molecule has 1 fully saturated rings. The molecule has 8 nitrogen and oxygen atoms in total. The van der Waals surface area contributed by atoms with Crippen LogP contribution < -0.4 is 16.1 Å². The molecule has 0 saturated carbocycles. The first kappa shape index (κ1) is 21.3. The summed E-state index contributed by atoms with van der Waals surface area (Å²) in [4.78, 5) is 32.6. The van der Waals surface area contributed by atoms with Gasteiger partial charge >= 0.3 is 5.69 Å². The molecule has 1 N–H and O–H groups in total. The van der Waals surface area contributed by atoms with Gasteiger partial charge in [-0.15, -0.1) is 0 Å². The van der Waals surface area contributed by atoms with E-state index in [0.717, 1.165) is 48.3 Å². The smallest absolute Gasteiger partial charge is 0.328 e. The fraction of sp³-hybridized carbons (Fsp3) is 0.292. The second kappa shape index (κ2) is 8.12. The van der Waals surface area contributed by atoms with E-state index in [4.69, 9.17) is 16.6 Å². The molecule has 33 heavy (non-hydrogen) atoms. The summed E-state index contributed by atoms with van der Waals surface area (Å²) < 4.78 is 4.74. The Labute approximate surface area is 195 Å². The highest BCUT2D eigenvalue weighted by Gasteiger charge is 2.19. The zero-order valence-corrected chi connectivity index (χ0v) is 19.6. The van der Waals surface area contributed by atoms with Crippen LogP contribution in [0.5, 0.6) is 0 Å². The Morgan fingerprint density at radius 1 is 1.03 bits per heavy atom. The van der Waals surface area contributed by atoms with Crippen LogP contribution >= 0.6 is 11.6 Å². The van der Waals surface area contributed by atoms with E-state index in [2.05, 4.69) is 10.00 Å². The van der Waals surface area contributed by atoms with E-state index in [1.807, 2.05) is 25.1 Å². The molecule has 0 bridgehead atoms. The Morgan fingerprint density at radius 2 is 1.73 bits per heavy atom. The third-order valence-electron chi connectivity index (χ3n) is 6.33. The van der Waals surface area contributed by atoms with Crippen LogP contribution in [0.25, 0.3) is 16.7 Å². The number of halogens is 1. The number of benzene rings is 2. The summed E-state index contributed by atoms with van der Waals surface area (Å²) in [6.07, 6.45) is 3.85. The number of nitrogens with one attached hydrogen (secondary N) is 1. The number of anilines is 1. The maximum absolute atomic E-state index is 13.1. The molecule has 1 aliphatic heterocycles. The SMILES string of the molecule is Cc1[nH]n(-c2cccc(Cl)c2)c(=O)c1C=Nc1cc2c(cc1N1CCCC1)n(C)c(=O)n2C. The van der Waals surface area contributed by atoms with Crippen molar-refractivity contribution in [2.45, 2.75) is 19.8 Å². The average molecular weight is 465 g/mol. The standard InChI is InChI=1S/C24H25ClN6O2/c1-15-18(23(32)31(27-15)17-8-6-7-16(25)11-17)14-26-19-12-21-22(29(3)24(33)28(21)2)13-20(19)30-9-4-5-10-30/h6-8,11-14,27H,4-5,9-10H2,1-3H3. The Balaban J connectivity index is 1.62. The number of rotatable bonds is 4. The molecule has 9 heteroatoms. The Kier molecular flexibility index (Phi) is 5.25. The molecule has 170 valence electrons. The number of nitrogens with zero attached hydrogens (tertiary/aromatic N) is 5. The van der Waals surface area contributed by atoms with E-state index < -0.39 is 0 Å². The Bertz CT molecular complexity index is 1510. The molecule has 0 unspecified atom stereocenters. The largest absolute Gasteiger partial charge is 0.370 e. The maximum atomic E-state index is 13.1. The summed E-state index contributed by atoms with van der Waals surface area (Å²) >= 11 is 6.10. The van der Waals surface area contributed by atoms with Crippen molar-refractivity contribution in [3.8, 4) is 5.69 Å². The molecule has 1 aliphatic rings. The van der Waals surface area contributed by atoms with Gasteiger partial charge in [0.05, 0.1) is 33.7 Å². The molecular formula is C24H25ClN6O2. The Hall–Kier alpha value is -3.52. The number of H-pyrrole nitrogens is 1. The quantitative estimate of drug-likeness (QED) is 0.468. The highest BCUT2D eigenvalue weighted by molar-refractivity contribution is 6.30. The van der Waals surface area contributed by atoms with Gasteiger partial charge in [0.25, 0.3) is 5.56 Å². The first-order chi connectivity index (χ1) is 15.8. The zero-order valence-electron chi connectivity index (χ0n) is 18.8. The van der Waals surface area contributed by atoms with Crippen LogP contribution in [0.2, 0.25) is 5.02 Å². The number of aromatic nitrogens is 4. The van der Waals surface area contributed by atoms with Gasteiger partial charge in [-0.05, 0) is 50.1 Å². The molecular weight excluding hydrogens is 440 g/mol. The number of aromatic amines is 1. The predicted octanol–water partition coefficient (Wildman–Crippen LogP) is 3.67. The third kappa shape index (κ3) is 3.60. The topological polar surface area (TPSA) is 80.3 Å². The molecule has 2 aromatic carbocycles. The van der Waals surface area contributed by atoms with Crippen molar-refractivity contribution >= 4 is 40.2 Å². The van der Waals surface area contributed by atoms with Gasteiger partial charge in [-0.25, -0.2) is 9.48 Å². The van der Waals surface area contributed by atoms with Gasteiger partial charge in [0, 0.05) is 44.1 Å². The summed E-state index contributed by atoms with van der Waals surface area (Å²) in [7, 11) is 3.54. The van der Waals surface area contributed by atoms with Crippen LogP contribution in [0, 0.1) is 6.92 Å². The third-order valence-corrected chi connectivity index (χ3v) is 6.57. The monoisotopic (exact) mass is 464 g/mol. The van der Waals surface area contributed by atoms with Crippen molar-refractivity contribution in [1.29, 1.82) is 0 Å². The van der Waals surface area contributed by atoms with Crippen LogP contribution in [0.3, 0.4) is 0 Å². The lowest BCUT2D eigenvalue weighted by Crippen LogP contribution is -2.19. The highest BCUT2D eigenvalue weighted by atomic mass is 35.5. The number of hydrogen-bond donors (Lipinski definition) is 1. The number of imidazole rings is 1. The normalized spacial score (nSPS) is 14.2. The fourth-order valence-corrected chi connectivity index (χ4v) is 4.67. The fourth-order valence-electron chi connectivity index (χ4n) is 4.48. The van der Waals surface area contributed by atoms with Crippen molar-refractivity contribution in [1.82, 2.24) is 18.9 Å². The van der Waals surface area contributed by atoms with Gasteiger partial charge < -0.3 is 4.90 Å². The summed E-state index contributed by atoms with van der Waals surface area (Å²) in [5.74, 6) is 0. The van der Waals surface area contributed by atoms with E-state index in [1.54, 1.807) is 47.6 Å². The predicted molar refractivity (Wildman–Crippen MR) is 133 cm³/mol. The maximum Gasteiger partial charge on any atom is 0.328 e. The first-order valence-electron chi connectivity index (χ1n) is 10.9. The molecule has 0 aliphatic carbocycles. The number of aliphatic imine (C=N–C) groups is 1. The van der Waals surface area contributed by atoms with Crippen LogP contribution in [0.1, 0.15) is 24.1 Å². The molecule has 5 rings (SSSR count). The molecule has 0 amide bonds. The van der Waals surface area contributed by atoms with Gasteiger partial charge in [-0.2, -0.15) is 0 Å². The van der Waals surface area contributed by atoms with Crippen LogP contribution in [-0.2, 0) is 14.1 Å². The molecule has 0 atom stereocenters. The van der Waals surface area contributed by atoms with Gasteiger partial charge in [0.2, 0.25) is 0 Å². The highest BCUT2D eigenvalue weighted by Crippen LogP contribution is 2.35. The summed E-state index contributed by atoms with van der Waals surface area (Å²) in [6, 6.07) is 11.1. The van der Waals surface area contributed by atoms with Crippen molar-refractivity contribution in [2.24, 2.45) is 19.1 Å². The van der Waals surface area contributed by atoms with Gasteiger partial charge in [0.1, 0.15) is 0 Å². The van der Waals surface area contributed by atoms with Gasteiger partial charge in [0.15, 0.2) is 0 Å². The summed E-state index contributed by atoms with van der Waals surface area (Å²) in [5, 5.41) is 3.66. The lowest BCUT2D eigenvalue weighted by Gasteiger charge is -2.20. The van der Waals surface area contributed by atoms with Crippen molar-refractivity contribution in [2.75, 3.05) is 18.0 Å². The Morgan fingerprint density at radius 3 is 2.42 bits per heavy atom. The molecule has 3 heterocycles. The van der Waals surface area contributed by atoms with Crippen LogP contribution in [0.4, 0.5) is 11.4 Å². The molecule has 1 saturated heterocycles. The lowest BCUT2D eigenvalue weighted by atomic mass is 10.2. The summed E-state index contributed by atoms with van der Waals surface area (Å²) in [6.45, 7) is 3.73. The van der Waals surface area contributed by atoms with Crippen LogP contribution in [-0.4, -0.2) is 38.2 Å². The van der Waals surface area contributed by atoms with E-state index in [0.29, 0.717) is 22.0 Å². The van der Waals surface area contributed by atoms with Crippen molar-refractivity contribution < 1.29 is 0 Å². The van der Waals surface area contributed by atoms with E-state index >= 15 is 0 Å². The minimum atomic E-state index is -0.200. The van der Waals surface area contributed by atoms with Gasteiger partial charge in [-0.1, -0.05) is 17.7 Å². The first-order valence-corrected chi connectivity index (χ1v) is 11.3. The molecule has 4 aromatic rings. The zero-order chi connectivity index (χ0) is 23.3. The van der Waals surface area contributed by atoms with Crippen LogP contribution in [0.15, 0.2) is 51.0 Å². The van der Waals surface area contributed by atoms with E-state index in [-0.39, 0.29) is 11.2 Å². The van der Waals surface area contributed by atoms with Gasteiger partial charge in [-0.3, -0.25) is 24.0 Å². The van der Waals surface area contributed by atoms with E-state index in [1.165, 1.54) is 4.68 Å². The minimum Gasteiger partial charge on any atom is -0.370 e.